The number of nitrogens with zero attached hydrogens (tertiary/aromatic N) is 1. The quantitative estimate of drug-likeness (QED) is 0.483. The van der Waals surface area contributed by atoms with Crippen LogP contribution in [0.5, 0.6) is 5.75 Å². The topological polar surface area (TPSA) is 88.5 Å². The summed E-state index contributed by atoms with van der Waals surface area (Å²) < 4.78 is 5.94. The van der Waals surface area contributed by atoms with Crippen LogP contribution in [0.4, 0.5) is 0 Å². The summed E-state index contributed by atoms with van der Waals surface area (Å²) in [4.78, 5) is 27.9. The molecular formula is C22H18BrClN2O4. The number of nitrogens with one attached hydrogen (secondary N) is 1. The molecule has 3 aromatic rings. The van der Waals surface area contributed by atoms with E-state index in [1.165, 1.54) is 0 Å². The maximum absolute atomic E-state index is 12.7. The first-order valence-electron chi connectivity index (χ1n) is 9.06. The minimum atomic E-state index is -1.10. The van der Waals surface area contributed by atoms with Crippen LogP contribution in [-0.4, -0.2) is 35.1 Å². The van der Waals surface area contributed by atoms with Gasteiger partial charge in [-0.15, -0.1) is 0 Å². The second-order valence-corrected chi connectivity index (χ2v) is 7.65. The van der Waals surface area contributed by atoms with Gasteiger partial charge in [-0.05, 0) is 57.9 Å². The molecule has 1 aromatic heterocycles. The molecule has 3 rings (SSSR count). The molecule has 8 heteroatoms. The number of carbonyl (C=O) groups excluding carboxylic acids is 1. The van der Waals surface area contributed by atoms with Crippen LogP contribution in [0.3, 0.4) is 0 Å². The number of carboxylic acids is 1. The number of rotatable bonds is 8. The maximum Gasteiger partial charge on any atom is 0.341 e. The lowest BCUT2D eigenvalue weighted by Gasteiger charge is -2.15. The number of carboxylic acid groups (broad SMARTS) is 1. The number of carbonyl (C=O) groups is 2. The predicted octanol–water partition coefficient (Wildman–Crippen LogP) is 4.60. The molecule has 0 bridgehead atoms. The molecular weight excluding hydrogens is 472 g/mol. The van der Waals surface area contributed by atoms with Crippen molar-refractivity contribution in [1.29, 1.82) is 0 Å². The van der Waals surface area contributed by atoms with Gasteiger partial charge in [0.05, 0.1) is 4.47 Å². The third-order valence-electron chi connectivity index (χ3n) is 4.17. The van der Waals surface area contributed by atoms with Gasteiger partial charge in [0.15, 0.2) is 6.61 Å². The van der Waals surface area contributed by atoms with Crippen LogP contribution in [0.25, 0.3) is 11.1 Å². The van der Waals surface area contributed by atoms with E-state index in [1.54, 1.807) is 36.5 Å². The normalized spacial score (nSPS) is 10.5. The van der Waals surface area contributed by atoms with E-state index in [2.05, 4.69) is 26.2 Å². The van der Waals surface area contributed by atoms with Crippen LogP contribution in [0.15, 0.2) is 65.3 Å². The Morgan fingerprint density at radius 2 is 1.97 bits per heavy atom. The number of pyridine rings is 1. The number of amides is 1. The molecule has 0 unspecified atom stereocenters. The van der Waals surface area contributed by atoms with Crippen molar-refractivity contribution in [2.24, 2.45) is 0 Å². The first-order chi connectivity index (χ1) is 14.4. The van der Waals surface area contributed by atoms with Gasteiger partial charge in [-0.2, -0.15) is 0 Å². The van der Waals surface area contributed by atoms with E-state index < -0.39 is 12.6 Å². The molecule has 0 saturated carbocycles. The Balaban J connectivity index is 1.86. The van der Waals surface area contributed by atoms with Gasteiger partial charge in [-0.1, -0.05) is 29.8 Å². The number of halogens is 2. The number of benzene rings is 2. The molecule has 6 nitrogen and oxygen atoms in total. The highest BCUT2D eigenvalue weighted by molar-refractivity contribution is 9.10. The summed E-state index contributed by atoms with van der Waals surface area (Å²) in [6.07, 6.45) is 2.32. The van der Waals surface area contributed by atoms with E-state index in [-0.39, 0.29) is 5.91 Å². The van der Waals surface area contributed by atoms with Crippen LogP contribution < -0.4 is 10.1 Å². The maximum atomic E-state index is 12.7. The molecule has 30 heavy (non-hydrogen) atoms. The molecule has 2 aromatic carbocycles. The molecule has 1 heterocycles. The zero-order chi connectivity index (χ0) is 21.5. The molecule has 0 aliphatic rings. The second kappa shape index (κ2) is 10.2. The summed E-state index contributed by atoms with van der Waals surface area (Å²) in [5.41, 5.74) is 2.55. The van der Waals surface area contributed by atoms with Gasteiger partial charge in [0.1, 0.15) is 5.75 Å². The van der Waals surface area contributed by atoms with Crippen molar-refractivity contribution in [3.8, 4) is 16.9 Å². The highest BCUT2D eigenvalue weighted by Gasteiger charge is 2.17. The van der Waals surface area contributed by atoms with Crippen LogP contribution in [0, 0.1) is 0 Å². The number of aliphatic carboxylic acids is 1. The van der Waals surface area contributed by atoms with E-state index in [4.69, 9.17) is 21.4 Å². The Morgan fingerprint density at radius 1 is 1.13 bits per heavy atom. The molecule has 0 aliphatic heterocycles. The summed E-state index contributed by atoms with van der Waals surface area (Å²) in [6, 6.07) is 15.9. The van der Waals surface area contributed by atoms with Gasteiger partial charge in [0.25, 0.3) is 5.91 Å². The second-order valence-electron chi connectivity index (χ2n) is 6.35. The summed E-state index contributed by atoms with van der Waals surface area (Å²) in [5.74, 6) is -1.04. The summed E-state index contributed by atoms with van der Waals surface area (Å²) in [5, 5.41) is 12.4. The average Bonchev–Trinajstić information content (AvgIpc) is 2.73. The van der Waals surface area contributed by atoms with Gasteiger partial charge < -0.3 is 15.2 Å². The predicted molar refractivity (Wildman–Crippen MR) is 118 cm³/mol. The monoisotopic (exact) mass is 488 g/mol. The Morgan fingerprint density at radius 3 is 2.67 bits per heavy atom. The summed E-state index contributed by atoms with van der Waals surface area (Å²) in [7, 11) is 0. The lowest BCUT2D eigenvalue weighted by atomic mass is 10.0. The number of aromatic nitrogens is 1. The highest BCUT2D eigenvalue weighted by Crippen LogP contribution is 2.38. The Kier molecular flexibility index (Phi) is 7.43. The summed E-state index contributed by atoms with van der Waals surface area (Å²) in [6.45, 7) is -0.0843. The van der Waals surface area contributed by atoms with Gasteiger partial charge in [-0.25, -0.2) is 4.79 Å². The van der Waals surface area contributed by atoms with Gasteiger partial charge in [0.2, 0.25) is 0 Å². The van der Waals surface area contributed by atoms with Crippen LogP contribution in [-0.2, 0) is 11.2 Å². The van der Waals surface area contributed by atoms with Crippen LogP contribution >= 0.6 is 27.5 Å². The third kappa shape index (κ3) is 5.81. The largest absolute Gasteiger partial charge is 0.480 e. The molecule has 154 valence electrons. The standard InChI is InChI=1S/C22H18BrClN2O4/c23-19-12-15(22(29)26-9-7-17-6-1-2-8-25-17)11-18(21(19)30-13-20(27)28)14-4-3-5-16(24)10-14/h1-6,8,10-12H,7,9,13H2,(H,26,29)(H,27,28). The molecule has 0 spiro atoms. The fraction of sp³-hybridized carbons (Fsp3) is 0.136. The van der Waals surface area contributed by atoms with E-state index in [1.807, 2.05) is 24.3 Å². The zero-order valence-corrected chi connectivity index (χ0v) is 18.1. The first kappa shape index (κ1) is 21.8. The Hall–Kier alpha value is -2.90. The number of ether oxygens (including phenoxy) is 1. The SMILES string of the molecule is O=C(O)COc1c(Br)cc(C(=O)NCCc2ccccn2)cc1-c1cccc(Cl)c1. The van der Waals surface area contributed by atoms with E-state index in [9.17, 15) is 9.59 Å². The fourth-order valence-corrected chi connectivity index (χ4v) is 3.59. The average molecular weight is 490 g/mol. The van der Waals surface area contributed by atoms with Crippen molar-refractivity contribution >= 4 is 39.4 Å². The van der Waals surface area contributed by atoms with Crippen molar-refractivity contribution in [2.75, 3.05) is 13.2 Å². The number of hydrogen-bond donors (Lipinski definition) is 2. The molecule has 2 N–H and O–H groups in total. The van der Waals surface area contributed by atoms with Gasteiger partial charge in [-0.3, -0.25) is 9.78 Å². The molecule has 0 saturated heterocycles. The first-order valence-corrected chi connectivity index (χ1v) is 10.2. The van der Waals surface area contributed by atoms with Crippen molar-refractivity contribution in [3.63, 3.8) is 0 Å². The highest BCUT2D eigenvalue weighted by atomic mass is 79.9. The Bertz CT molecular complexity index is 1060. The minimum absolute atomic E-state index is 0.264. The molecule has 0 radical (unpaired) electrons. The molecule has 0 aliphatic carbocycles. The molecule has 1 amide bonds. The number of hydrogen-bond acceptors (Lipinski definition) is 4. The van der Waals surface area contributed by atoms with Crippen molar-refractivity contribution in [3.05, 3.63) is 81.5 Å². The molecule has 0 atom stereocenters. The fourth-order valence-electron chi connectivity index (χ4n) is 2.83. The minimum Gasteiger partial charge on any atom is -0.480 e. The van der Waals surface area contributed by atoms with Crippen LogP contribution in [0.2, 0.25) is 5.02 Å². The Labute approximate surface area is 187 Å². The third-order valence-corrected chi connectivity index (χ3v) is 5.00. The van der Waals surface area contributed by atoms with E-state index in [0.717, 1.165) is 5.69 Å². The van der Waals surface area contributed by atoms with E-state index in [0.29, 0.717) is 44.9 Å². The van der Waals surface area contributed by atoms with E-state index >= 15 is 0 Å². The van der Waals surface area contributed by atoms with Gasteiger partial charge >= 0.3 is 5.97 Å². The van der Waals surface area contributed by atoms with Crippen molar-refractivity contribution in [1.82, 2.24) is 10.3 Å². The zero-order valence-electron chi connectivity index (χ0n) is 15.8. The molecule has 0 fully saturated rings. The lowest BCUT2D eigenvalue weighted by molar-refractivity contribution is -0.139. The van der Waals surface area contributed by atoms with Crippen molar-refractivity contribution in [2.45, 2.75) is 6.42 Å². The van der Waals surface area contributed by atoms with Crippen LogP contribution in [0.1, 0.15) is 16.1 Å². The smallest absolute Gasteiger partial charge is 0.341 e. The van der Waals surface area contributed by atoms with Gasteiger partial charge in [0, 0.05) is 41.0 Å². The van der Waals surface area contributed by atoms with Crippen molar-refractivity contribution < 1.29 is 19.4 Å². The lowest BCUT2D eigenvalue weighted by Crippen LogP contribution is -2.26. The summed E-state index contributed by atoms with van der Waals surface area (Å²) >= 11 is 9.51.